The highest BCUT2D eigenvalue weighted by atomic mass is 16.2. The fourth-order valence-corrected chi connectivity index (χ4v) is 3.58. The SMILES string of the molecule is Cn1c(Cn2ccnc2)nnc1[C@@H]1CCCN(C(=O)Cn2cccnc2=O)C1. The van der Waals surface area contributed by atoms with Gasteiger partial charge in [0.15, 0.2) is 5.82 Å². The third kappa shape index (κ3) is 3.71. The molecule has 3 aromatic rings. The summed E-state index contributed by atoms with van der Waals surface area (Å²) in [4.78, 5) is 34.0. The monoisotopic (exact) mass is 382 g/mol. The molecule has 0 N–H and O–H groups in total. The molecule has 0 unspecified atom stereocenters. The number of carbonyl (C=O) groups excluding carboxylic acids is 1. The second-order valence-corrected chi connectivity index (χ2v) is 6.98. The quantitative estimate of drug-likeness (QED) is 0.616. The van der Waals surface area contributed by atoms with Crippen LogP contribution in [0.4, 0.5) is 0 Å². The Morgan fingerprint density at radius 1 is 1.25 bits per heavy atom. The number of hydrogen-bond donors (Lipinski definition) is 0. The van der Waals surface area contributed by atoms with E-state index in [4.69, 9.17) is 0 Å². The lowest BCUT2D eigenvalue weighted by molar-refractivity contribution is -0.133. The zero-order valence-electron chi connectivity index (χ0n) is 15.7. The fourth-order valence-electron chi connectivity index (χ4n) is 3.58. The van der Waals surface area contributed by atoms with Crippen LogP contribution in [0, 0.1) is 0 Å². The van der Waals surface area contributed by atoms with Gasteiger partial charge in [-0.05, 0) is 18.9 Å². The van der Waals surface area contributed by atoms with Crippen LogP contribution in [0.5, 0.6) is 0 Å². The molecule has 0 aromatic carbocycles. The predicted octanol–water partition coefficient (Wildman–Crippen LogP) is 0.0228. The molecular formula is C18H22N8O2. The third-order valence-electron chi connectivity index (χ3n) is 5.11. The van der Waals surface area contributed by atoms with Crippen LogP contribution in [0.3, 0.4) is 0 Å². The molecule has 1 fully saturated rings. The molecule has 1 saturated heterocycles. The Hall–Kier alpha value is -3.30. The fraction of sp³-hybridized carbons (Fsp3) is 0.444. The minimum absolute atomic E-state index is 0.00406. The molecule has 0 radical (unpaired) electrons. The van der Waals surface area contributed by atoms with E-state index in [2.05, 4.69) is 20.2 Å². The van der Waals surface area contributed by atoms with Gasteiger partial charge in [-0.3, -0.25) is 9.36 Å². The van der Waals surface area contributed by atoms with Crippen molar-refractivity contribution >= 4 is 5.91 Å². The number of hydrogen-bond acceptors (Lipinski definition) is 6. The van der Waals surface area contributed by atoms with Crippen molar-refractivity contribution in [3.8, 4) is 0 Å². The van der Waals surface area contributed by atoms with Crippen molar-refractivity contribution in [2.24, 2.45) is 7.05 Å². The summed E-state index contributed by atoms with van der Waals surface area (Å²) >= 11 is 0. The molecule has 146 valence electrons. The zero-order valence-corrected chi connectivity index (χ0v) is 15.7. The van der Waals surface area contributed by atoms with Gasteiger partial charge in [0.05, 0.1) is 12.9 Å². The average molecular weight is 382 g/mol. The topological polar surface area (TPSA) is 104 Å². The Labute approximate surface area is 161 Å². The molecule has 4 rings (SSSR count). The summed E-state index contributed by atoms with van der Waals surface area (Å²) in [5, 5.41) is 8.71. The number of amides is 1. The third-order valence-corrected chi connectivity index (χ3v) is 5.11. The van der Waals surface area contributed by atoms with E-state index in [0.717, 1.165) is 24.5 Å². The van der Waals surface area contributed by atoms with Crippen LogP contribution in [0.1, 0.15) is 30.4 Å². The van der Waals surface area contributed by atoms with Gasteiger partial charge < -0.3 is 14.0 Å². The van der Waals surface area contributed by atoms with Gasteiger partial charge in [-0.1, -0.05) is 0 Å². The van der Waals surface area contributed by atoms with Gasteiger partial charge >= 0.3 is 5.69 Å². The number of likely N-dealkylation sites (tertiary alicyclic amines) is 1. The van der Waals surface area contributed by atoms with E-state index >= 15 is 0 Å². The summed E-state index contributed by atoms with van der Waals surface area (Å²) in [5.41, 5.74) is -0.415. The lowest BCUT2D eigenvalue weighted by Gasteiger charge is -2.32. The molecule has 10 heteroatoms. The minimum Gasteiger partial charge on any atom is -0.340 e. The molecule has 28 heavy (non-hydrogen) atoms. The van der Waals surface area contributed by atoms with Crippen LogP contribution < -0.4 is 5.69 Å². The molecule has 1 aliphatic heterocycles. The molecule has 4 heterocycles. The number of rotatable bonds is 5. The smallest absolute Gasteiger partial charge is 0.340 e. The van der Waals surface area contributed by atoms with E-state index < -0.39 is 5.69 Å². The second kappa shape index (κ2) is 7.75. The highest BCUT2D eigenvalue weighted by Gasteiger charge is 2.28. The Morgan fingerprint density at radius 3 is 2.93 bits per heavy atom. The van der Waals surface area contributed by atoms with Crippen LogP contribution in [0.2, 0.25) is 0 Å². The van der Waals surface area contributed by atoms with Crippen LogP contribution in [0.15, 0.2) is 42.0 Å². The van der Waals surface area contributed by atoms with Gasteiger partial charge in [0, 0.05) is 50.8 Å². The minimum atomic E-state index is -0.415. The average Bonchev–Trinajstić information content (AvgIpc) is 3.34. The first-order valence-electron chi connectivity index (χ1n) is 9.25. The zero-order chi connectivity index (χ0) is 19.5. The largest absolute Gasteiger partial charge is 0.347 e. The number of nitrogens with zero attached hydrogens (tertiary/aromatic N) is 8. The van der Waals surface area contributed by atoms with E-state index in [-0.39, 0.29) is 18.4 Å². The van der Waals surface area contributed by atoms with E-state index in [1.165, 1.54) is 10.8 Å². The highest BCUT2D eigenvalue weighted by molar-refractivity contribution is 5.76. The van der Waals surface area contributed by atoms with E-state index in [1.54, 1.807) is 29.7 Å². The maximum atomic E-state index is 12.7. The van der Waals surface area contributed by atoms with Crippen molar-refractivity contribution in [3.63, 3.8) is 0 Å². The summed E-state index contributed by atoms with van der Waals surface area (Å²) in [5.74, 6) is 1.77. The standard InChI is InChI=1S/C18H22N8O2/c1-23-15(11-24-9-6-19-13-24)21-22-17(23)14-4-2-7-25(10-14)16(27)12-26-8-3-5-20-18(26)28/h3,5-6,8-9,13-14H,2,4,7,10-12H2,1H3/t14-/m1/s1. The van der Waals surface area contributed by atoms with E-state index in [1.807, 2.05) is 22.4 Å². The molecule has 0 spiro atoms. The highest BCUT2D eigenvalue weighted by Crippen LogP contribution is 2.26. The Bertz CT molecular complexity index is 1010. The number of carbonyl (C=O) groups is 1. The van der Waals surface area contributed by atoms with Crippen molar-refractivity contribution in [3.05, 3.63) is 59.3 Å². The van der Waals surface area contributed by atoms with Gasteiger partial charge in [0.2, 0.25) is 5.91 Å². The Morgan fingerprint density at radius 2 is 2.14 bits per heavy atom. The lowest BCUT2D eigenvalue weighted by Crippen LogP contribution is -2.42. The number of aromatic nitrogens is 7. The van der Waals surface area contributed by atoms with Crippen molar-refractivity contribution in [1.29, 1.82) is 0 Å². The lowest BCUT2D eigenvalue weighted by atomic mass is 9.97. The van der Waals surface area contributed by atoms with Crippen molar-refractivity contribution in [2.75, 3.05) is 13.1 Å². The molecule has 1 amide bonds. The summed E-state index contributed by atoms with van der Waals surface area (Å²) < 4.78 is 5.28. The van der Waals surface area contributed by atoms with Crippen LogP contribution in [-0.2, 0) is 24.9 Å². The number of piperidine rings is 1. The predicted molar refractivity (Wildman–Crippen MR) is 99.4 cm³/mol. The maximum absolute atomic E-state index is 12.7. The number of imidazole rings is 1. The maximum Gasteiger partial charge on any atom is 0.347 e. The van der Waals surface area contributed by atoms with Gasteiger partial charge in [0.1, 0.15) is 12.4 Å². The molecule has 0 bridgehead atoms. The van der Waals surface area contributed by atoms with Crippen LogP contribution >= 0.6 is 0 Å². The molecule has 0 aliphatic carbocycles. The van der Waals surface area contributed by atoms with Crippen LogP contribution in [0.25, 0.3) is 0 Å². The normalized spacial score (nSPS) is 17.0. The van der Waals surface area contributed by atoms with Gasteiger partial charge in [0.25, 0.3) is 0 Å². The van der Waals surface area contributed by atoms with Gasteiger partial charge in [-0.15, -0.1) is 10.2 Å². The first-order valence-corrected chi connectivity index (χ1v) is 9.25. The summed E-state index contributed by atoms with van der Waals surface area (Å²) in [6.45, 7) is 1.86. The first-order chi connectivity index (χ1) is 13.6. The molecule has 10 nitrogen and oxygen atoms in total. The van der Waals surface area contributed by atoms with Gasteiger partial charge in [-0.2, -0.15) is 0 Å². The molecule has 1 atom stereocenters. The summed E-state index contributed by atoms with van der Waals surface area (Å²) in [6.07, 6.45) is 10.2. The van der Waals surface area contributed by atoms with Crippen molar-refractivity contribution in [2.45, 2.75) is 31.8 Å². The molecule has 0 saturated carbocycles. The summed E-state index contributed by atoms with van der Waals surface area (Å²) in [7, 11) is 1.96. The van der Waals surface area contributed by atoms with Crippen LogP contribution in [-0.4, -0.2) is 57.8 Å². The molecule has 3 aromatic heterocycles. The van der Waals surface area contributed by atoms with Crippen molar-refractivity contribution < 1.29 is 4.79 Å². The van der Waals surface area contributed by atoms with E-state index in [9.17, 15) is 9.59 Å². The second-order valence-electron chi connectivity index (χ2n) is 6.98. The Balaban J connectivity index is 1.45. The molecule has 1 aliphatic rings. The summed E-state index contributed by atoms with van der Waals surface area (Å²) in [6, 6.07) is 1.65. The van der Waals surface area contributed by atoms with E-state index in [0.29, 0.717) is 19.6 Å². The van der Waals surface area contributed by atoms with Crippen molar-refractivity contribution in [1.82, 2.24) is 38.8 Å². The Kier molecular flexibility index (Phi) is 5.00. The van der Waals surface area contributed by atoms with Gasteiger partial charge in [-0.25, -0.2) is 14.8 Å². The first kappa shape index (κ1) is 18.1. The molecular weight excluding hydrogens is 360 g/mol.